The van der Waals surface area contributed by atoms with Gasteiger partial charge in [0.15, 0.2) is 0 Å². The zero-order valence-corrected chi connectivity index (χ0v) is 86.5. The maximum absolute atomic E-state index is 14.0. The van der Waals surface area contributed by atoms with Crippen LogP contribution < -0.4 is 81.0 Å². The number of hydrogen-bond donors (Lipinski definition) is 18. The number of nitrogens with one attached hydrogen (secondary N) is 12. The van der Waals surface area contributed by atoms with Gasteiger partial charge in [0.2, 0.25) is 82.7 Å². The third-order valence-electron chi connectivity index (χ3n) is 20.5. The summed E-state index contributed by atoms with van der Waals surface area (Å²) in [6.07, 6.45) is -3.85. The van der Waals surface area contributed by atoms with Crippen molar-refractivity contribution in [3.8, 4) is 0 Å². The number of nitrogens with two attached hydrogens (primary N) is 3. The Bertz CT molecular complexity index is 3780. The van der Waals surface area contributed by atoms with Crippen LogP contribution in [0.3, 0.4) is 0 Å². The van der Waals surface area contributed by atoms with Crippen molar-refractivity contribution >= 4 is 94.6 Å². The van der Waals surface area contributed by atoms with E-state index in [0.717, 1.165) is 0 Å². The summed E-state index contributed by atoms with van der Waals surface area (Å²) < 4.78 is 98.5. The average molecular weight is 2110 g/mol. The number of rotatable bonds is 100. The van der Waals surface area contributed by atoms with Gasteiger partial charge in [-0.3, -0.25) is 76.7 Å². The molecular weight excluding hydrogens is 1940 g/mol. The Kier molecular flexibility index (Phi) is 82.5. The Labute approximate surface area is 860 Å². The van der Waals surface area contributed by atoms with Crippen LogP contribution in [0.5, 0.6) is 0 Å². The van der Waals surface area contributed by atoms with Gasteiger partial charge in [-0.05, 0) is 49.5 Å². The summed E-state index contributed by atoms with van der Waals surface area (Å²) in [5, 5.41) is 61.4. The monoisotopic (exact) mass is 2110 g/mol. The molecule has 0 fully saturated rings. The molecule has 0 unspecified atom stereocenters. The summed E-state index contributed by atoms with van der Waals surface area (Å²) in [5.41, 5.74) is 17.0. The molecule has 14 amide bonds. The summed E-state index contributed by atoms with van der Waals surface area (Å²) in [7, 11) is 0. The van der Waals surface area contributed by atoms with E-state index in [2.05, 4.69) is 63.8 Å². The number of amides is 14. The van der Waals surface area contributed by atoms with Gasteiger partial charge in [-0.1, -0.05) is 71.9 Å². The lowest BCUT2D eigenvalue weighted by molar-refractivity contribution is -0.139. The normalized spacial score (nSPS) is 13.2. The predicted molar refractivity (Wildman–Crippen MR) is 527 cm³/mol. The first kappa shape index (κ1) is 135. The number of aliphatic hydroxyl groups excluding tert-OH is 1. The number of aliphatic carboxylic acids is 2. The SMILES string of the molecule is CC(C)C[C@H](NC(=O)[C@H](CC(N)=O)NC(=O)[C@@H](NC(=O)[C@@H](N)CCC(=O)O)C(C)C)[C@@H](O)CC(=O)N[C@H](C(=O)N[C@@H](C)C(=O)N[C@@H](CCC(=O)O)C(=O)N[C@@H](Cc1ccccc1)C(=O)NCCOCCOCCOCCOCCC(=O)NCCOCCOCCOCCC(=O)NCCOCCOCCOCCOCCC(=O)NCCOCCOCCOCCC(=O)NCCOCCOCCOCCOCCC(N)=O)C(C)C. The lowest BCUT2D eigenvalue weighted by Gasteiger charge is -2.30. The maximum Gasteiger partial charge on any atom is 0.303 e. The van der Waals surface area contributed by atoms with Crippen LogP contribution in [0, 0.1) is 17.8 Å². The molecule has 21 N–H and O–H groups in total. The van der Waals surface area contributed by atoms with Crippen LogP contribution >= 0.6 is 0 Å². The molecule has 52 nitrogen and oxygen atoms in total. The van der Waals surface area contributed by atoms with Gasteiger partial charge in [-0.25, -0.2) is 0 Å². The quantitative estimate of drug-likeness (QED) is 0.0272. The van der Waals surface area contributed by atoms with Gasteiger partial charge in [0.05, 0.1) is 269 Å². The third-order valence-corrected chi connectivity index (χ3v) is 20.5. The predicted octanol–water partition coefficient (Wildman–Crippen LogP) is -5.00. The van der Waals surface area contributed by atoms with E-state index in [0.29, 0.717) is 184 Å². The van der Waals surface area contributed by atoms with Gasteiger partial charge < -0.3 is 182 Å². The lowest BCUT2D eigenvalue weighted by Crippen LogP contribution is -2.59. The number of carboxylic acid groups (broad SMARTS) is 2. The van der Waals surface area contributed by atoms with E-state index < -0.39 is 169 Å². The van der Waals surface area contributed by atoms with Crippen molar-refractivity contribution < 1.29 is 177 Å². The molecule has 1 aromatic rings. The molecule has 0 aromatic heterocycles. The van der Waals surface area contributed by atoms with Crippen LogP contribution in [-0.2, 0) is 168 Å². The molecule has 52 heteroatoms. The summed E-state index contributed by atoms with van der Waals surface area (Å²) in [4.78, 5) is 203. The zero-order chi connectivity index (χ0) is 109. The number of carbonyl (C=O) groups is 16. The van der Waals surface area contributed by atoms with Crippen molar-refractivity contribution in [1.29, 1.82) is 0 Å². The van der Waals surface area contributed by atoms with Crippen molar-refractivity contribution in [2.75, 3.05) is 271 Å². The Hall–Kier alpha value is -10.1. The highest BCUT2D eigenvalue weighted by atomic mass is 16.6. The molecule has 0 saturated heterocycles. The van der Waals surface area contributed by atoms with Crippen LogP contribution in [0.25, 0.3) is 0 Å². The standard InChI is InChI=1S/C95H167N15O37/c1-67(2)63-74(106-93(127)76(65-79(98)113)108-95(129)88(69(5)6)110-90(124)72(96)13-15-85(119)120)77(111)66-84(118)109-87(68(3)4)94(128)104-70(7)89(123)105-73(14-16-86(121)122)92(126)107-75(64-71-11-9-8-10-12-71)91(125)103-26-36-139-46-56-147-62-59-144-51-41-134-31-21-83(117)100-23-33-136-43-53-141-49-39-132-29-19-81(115)102-25-35-138-45-55-146-61-58-143-50-40-133-30-20-82(116)99-22-32-135-42-52-140-48-38-131-28-18-80(114)101-24-34-137-44-54-145-60-57-142-47-37-130-27-17-78(97)112/h8-12,67-70,72-77,87-88,111H,13-66,96H2,1-7H3,(H2,97,112)(H2,98,113)(H,99,116)(H,100,117)(H,101,114)(H,102,115)(H,103,125)(H,104,128)(H,105,123)(H,106,127)(H,107,126)(H,108,129)(H,109,118)(H,110,124)(H,119,120)(H,121,122)/t70-,72-,73-,74-,75-,76-,77-,87-,88-/m0/s1. The smallest absolute Gasteiger partial charge is 0.303 e. The van der Waals surface area contributed by atoms with Gasteiger partial charge >= 0.3 is 11.9 Å². The number of carbonyl (C=O) groups excluding carboxylic acids is 14. The molecule has 0 aliphatic heterocycles. The Morgan fingerprint density at radius 2 is 0.592 bits per heavy atom. The molecular formula is C95H167N15O37. The van der Waals surface area contributed by atoms with E-state index >= 15 is 0 Å². The highest BCUT2D eigenvalue weighted by molar-refractivity contribution is 5.97. The second-order valence-electron chi connectivity index (χ2n) is 34.2. The zero-order valence-electron chi connectivity index (χ0n) is 86.5. The van der Waals surface area contributed by atoms with Crippen molar-refractivity contribution in [2.24, 2.45) is 35.0 Å². The maximum atomic E-state index is 14.0. The van der Waals surface area contributed by atoms with Crippen LogP contribution in [0.15, 0.2) is 30.3 Å². The molecule has 9 atom stereocenters. The summed E-state index contributed by atoms with van der Waals surface area (Å²) in [6, 6.07) is -2.35. The van der Waals surface area contributed by atoms with Crippen molar-refractivity contribution in [1.82, 2.24) is 63.8 Å². The molecule has 1 rings (SSSR count). The highest BCUT2D eigenvalue weighted by Crippen LogP contribution is 2.16. The van der Waals surface area contributed by atoms with E-state index in [1.807, 2.05) is 0 Å². The van der Waals surface area contributed by atoms with Crippen LogP contribution in [0.2, 0.25) is 0 Å². The summed E-state index contributed by atoms with van der Waals surface area (Å²) in [6.45, 7) is 23.3. The van der Waals surface area contributed by atoms with Gasteiger partial charge in [-0.2, -0.15) is 0 Å². The van der Waals surface area contributed by atoms with Crippen molar-refractivity contribution in [2.45, 2.75) is 186 Å². The van der Waals surface area contributed by atoms with Gasteiger partial charge in [-0.15, -0.1) is 0 Å². The highest BCUT2D eigenvalue weighted by Gasteiger charge is 2.36. The minimum Gasteiger partial charge on any atom is -0.481 e. The average Bonchev–Trinajstić information content (AvgIpc) is 0.858. The first-order valence-corrected chi connectivity index (χ1v) is 49.9. The minimum atomic E-state index is -1.65. The fourth-order valence-electron chi connectivity index (χ4n) is 12.6. The topological polar surface area (TPSA) is 722 Å². The molecule has 0 saturated carbocycles. The van der Waals surface area contributed by atoms with Crippen molar-refractivity contribution in [3.05, 3.63) is 35.9 Å². The minimum absolute atomic E-state index is 0.00611. The lowest BCUT2D eigenvalue weighted by atomic mass is 9.95. The number of carboxylic acids is 2. The summed E-state index contributed by atoms with van der Waals surface area (Å²) >= 11 is 0. The second-order valence-corrected chi connectivity index (χ2v) is 34.2. The summed E-state index contributed by atoms with van der Waals surface area (Å²) in [5.74, 6) is -13.1. The molecule has 0 spiro atoms. The molecule has 1 aromatic carbocycles. The van der Waals surface area contributed by atoms with Gasteiger partial charge in [0, 0.05) is 84.1 Å². The molecule has 0 bridgehead atoms. The van der Waals surface area contributed by atoms with Crippen LogP contribution in [-0.4, -0.2) is 435 Å². The van der Waals surface area contributed by atoms with Gasteiger partial charge in [0.25, 0.3) is 0 Å². The van der Waals surface area contributed by atoms with E-state index in [9.17, 15) is 86.9 Å². The third kappa shape index (κ3) is 78.8. The van der Waals surface area contributed by atoms with E-state index in [1.54, 1.807) is 71.9 Å². The van der Waals surface area contributed by atoms with E-state index in [-0.39, 0.29) is 173 Å². The van der Waals surface area contributed by atoms with Gasteiger partial charge in [0.1, 0.15) is 36.3 Å². The fourth-order valence-corrected chi connectivity index (χ4v) is 12.6. The molecule has 844 valence electrons. The Balaban J connectivity index is 2.19. The molecule has 0 heterocycles. The molecule has 0 radical (unpaired) electrons. The number of ether oxygens (including phenoxy) is 18. The first-order chi connectivity index (χ1) is 70.6. The molecule has 0 aliphatic rings. The number of hydrogen-bond acceptors (Lipinski definition) is 36. The number of primary amides is 2. The van der Waals surface area contributed by atoms with E-state index in [4.69, 9.17) is 108 Å². The Morgan fingerprint density at radius 1 is 0.286 bits per heavy atom. The largest absolute Gasteiger partial charge is 0.481 e. The molecule has 147 heavy (non-hydrogen) atoms. The van der Waals surface area contributed by atoms with Crippen molar-refractivity contribution in [3.63, 3.8) is 0 Å². The second kappa shape index (κ2) is 89.9. The Morgan fingerprint density at radius 3 is 0.932 bits per heavy atom. The van der Waals surface area contributed by atoms with Crippen LogP contribution in [0.1, 0.15) is 131 Å². The fraction of sp³-hybridized carbons (Fsp3) is 0.768. The number of aliphatic hydroxyl groups is 1. The number of benzene rings is 1. The first-order valence-electron chi connectivity index (χ1n) is 49.9. The molecule has 0 aliphatic carbocycles. The van der Waals surface area contributed by atoms with Crippen LogP contribution in [0.4, 0.5) is 0 Å². The van der Waals surface area contributed by atoms with E-state index in [1.165, 1.54) is 6.92 Å².